The number of rotatable bonds is 8. The third-order valence-corrected chi connectivity index (χ3v) is 2.92. The fraction of sp³-hybridized carbons (Fsp3) is 0.692. The van der Waals surface area contributed by atoms with Crippen LogP contribution in [-0.2, 0) is 6.54 Å². The number of unbranched alkanes of at least 4 members (excludes halogenated alkanes) is 1. The van der Waals surface area contributed by atoms with E-state index in [1.54, 1.807) is 6.33 Å². The number of nitrogens with zero attached hydrogens (tertiary/aromatic N) is 2. The fourth-order valence-corrected chi connectivity index (χ4v) is 1.79. The summed E-state index contributed by atoms with van der Waals surface area (Å²) in [6.45, 7) is 6.50. The highest BCUT2D eigenvalue weighted by molar-refractivity contribution is 5.01. The van der Waals surface area contributed by atoms with Crippen molar-refractivity contribution in [1.82, 2.24) is 15.3 Å². The number of nitrogens with one attached hydrogen (secondary N) is 1. The Morgan fingerprint density at radius 2 is 2.00 bits per heavy atom. The fourth-order valence-electron chi connectivity index (χ4n) is 1.79. The highest BCUT2D eigenvalue weighted by Crippen LogP contribution is 2.11. The molecule has 0 saturated heterocycles. The molecule has 0 aliphatic rings. The molecule has 1 rings (SSSR count). The van der Waals surface area contributed by atoms with E-state index in [1.165, 1.54) is 25.7 Å². The van der Waals surface area contributed by atoms with Gasteiger partial charge in [-0.05, 0) is 18.9 Å². The average molecular weight is 221 g/mol. The van der Waals surface area contributed by atoms with Crippen LogP contribution in [0.1, 0.15) is 45.1 Å². The topological polar surface area (TPSA) is 37.8 Å². The Labute approximate surface area is 98.7 Å². The van der Waals surface area contributed by atoms with Crippen LogP contribution in [0.25, 0.3) is 0 Å². The molecule has 1 atom stereocenters. The van der Waals surface area contributed by atoms with Gasteiger partial charge >= 0.3 is 0 Å². The highest BCUT2D eigenvalue weighted by Gasteiger charge is 2.04. The van der Waals surface area contributed by atoms with Crippen LogP contribution in [0.4, 0.5) is 0 Å². The molecule has 0 saturated carbocycles. The minimum Gasteiger partial charge on any atom is -0.312 e. The van der Waals surface area contributed by atoms with E-state index in [9.17, 15) is 0 Å². The van der Waals surface area contributed by atoms with Crippen LogP contribution in [0, 0.1) is 5.92 Å². The summed E-state index contributed by atoms with van der Waals surface area (Å²) >= 11 is 0. The summed E-state index contributed by atoms with van der Waals surface area (Å²) in [6.07, 6.45) is 10.5. The van der Waals surface area contributed by atoms with Gasteiger partial charge in [-0.1, -0.05) is 33.1 Å². The predicted octanol–water partition coefficient (Wildman–Crippen LogP) is 2.78. The number of hydrogen-bond acceptors (Lipinski definition) is 3. The normalized spacial score (nSPS) is 12.6. The van der Waals surface area contributed by atoms with Gasteiger partial charge in [0.05, 0.1) is 0 Å². The monoisotopic (exact) mass is 221 g/mol. The molecule has 0 aromatic carbocycles. The second kappa shape index (κ2) is 8.22. The summed E-state index contributed by atoms with van der Waals surface area (Å²) in [6, 6.07) is 0. The van der Waals surface area contributed by atoms with E-state index in [1.807, 2.05) is 12.4 Å². The molecule has 3 heteroatoms. The highest BCUT2D eigenvalue weighted by atomic mass is 14.9. The SMILES string of the molecule is CCCCC(CC)CNCc1cncnc1. The van der Waals surface area contributed by atoms with Crippen LogP contribution >= 0.6 is 0 Å². The molecule has 0 aliphatic carbocycles. The van der Waals surface area contributed by atoms with E-state index in [2.05, 4.69) is 29.1 Å². The lowest BCUT2D eigenvalue weighted by molar-refractivity contribution is 0.419. The second-order valence-corrected chi connectivity index (χ2v) is 4.29. The van der Waals surface area contributed by atoms with Crippen molar-refractivity contribution in [3.63, 3.8) is 0 Å². The molecule has 1 aromatic heterocycles. The second-order valence-electron chi connectivity index (χ2n) is 4.29. The molecule has 90 valence electrons. The number of hydrogen-bond donors (Lipinski definition) is 1. The van der Waals surface area contributed by atoms with Gasteiger partial charge in [0.15, 0.2) is 0 Å². The zero-order valence-electron chi connectivity index (χ0n) is 10.4. The van der Waals surface area contributed by atoms with Crippen LogP contribution < -0.4 is 5.32 Å². The van der Waals surface area contributed by atoms with Gasteiger partial charge in [0, 0.05) is 24.5 Å². The van der Waals surface area contributed by atoms with Gasteiger partial charge < -0.3 is 5.32 Å². The van der Waals surface area contributed by atoms with Crippen LogP contribution in [-0.4, -0.2) is 16.5 Å². The molecule has 16 heavy (non-hydrogen) atoms. The molecule has 1 unspecified atom stereocenters. The van der Waals surface area contributed by atoms with Crippen molar-refractivity contribution >= 4 is 0 Å². The number of aromatic nitrogens is 2. The summed E-state index contributed by atoms with van der Waals surface area (Å²) in [5.41, 5.74) is 1.16. The zero-order valence-corrected chi connectivity index (χ0v) is 10.4. The summed E-state index contributed by atoms with van der Waals surface area (Å²) in [5, 5.41) is 3.48. The van der Waals surface area contributed by atoms with Gasteiger partial charge in [-0.3, -0.25) is 0 Å². The lowest BCUT2D eigenvalue weighted by atomic mass is 9.99. The molecular weight excluding hydrogens is 198 g/mol. The van der Waals surface area contributed by atoms with Crippen molar-refractivity contribution in [2.45, 2.75) is 46.1 Å². The van der Waals surface area contributed by atoms with E-state index in [-0.39, 0.29) is 0 Å². The molecule has 3 nitrogen and oxygen atoms in total. The standard InChI is InChI=1S/C13H23N3/c1-3-5-6-12(4-2)7-14-8-13-9-15-11-16-10-13/h9-12,14H,3-8H2,1-2H3. The van der Waals surface area contributed by atoms with E-state index >= 15 is 0 Å². The van der Waals surface area contributed by atoms with E-state index < -0.39 is 0 Å². The molecule has 0 radical (unpaired) electrons. The van der Waals surface area contributed by atoms with Crippen molar-refractivity contribution in [2.75, 3.05) is 6.54 Å². The summed E-state index contributed by atoms with van der Waals surface area (Å²) in [5.74, 6) is 0.810. The zero-order chi connectivity index (χ0) is 11.6. The van der Waals surface area contributed by atoms with Crippen LogP contribution in [0.3, 0.4) is 0 Å². The van der Waals surface area contributed by atoms with Crippen molar-refractivity contribution in [3.8, 4) is 0 Å². The molecule has 0 bridgehead atoms. The van der Waals surface area contributed by atoms with Crippen LogP contribution in [0.15, 0.2) is 18.7 Å². The lowest BCUT2D eigenvalue weighted by Crippen LogP contribution is -2.22. The summed E-state index contributed by atoms with van der Waals surface area (Å²) < 4.78 is 0. The first-order valence-corrected chi connectivity index (χ1v) is 6.31. The molecule has 0 spiro atoms. The molecule has 1 aromatic rings. The predicted molar refractivity (Wildman–Crippen MR) is 67.0 cm³/mol. The molecule has 0 aliphatic heterocycles. The molecule has 1 N–H and O–H groups in total. The van der Waals surface area contributed by atoms with Gasteiger partial charge in [-0.2, -0.15) is 0 Å². The van der Waals surface area contributed by atoms with Gasteiger partial charge in [-0.15, -0.1) is 0 Å². The lowest BCUT2D eigenvalue weighted by Gasteiger charge is -2.15. The average Bonchev–Trinajstić information content (AvgIpc) is 2.35. The van der Waals surface area contributed by atoms with Crippen molar-refractivity contribution in [3.05, 3.63) is 24.3 Å². The van der Waals surface area contributed by atoms with Gasteiger partial charge in [0.2, 0.25) is 0 Å². The first-order chi connectivity index (χ1) is 7.86. The van der Waals surface area contributed by atoms with E-state index in [0.717, 1.165) is 24.6 Å². The van der Waals surface area contributed by atoms with Crippen molar-refractivity contribution < 1.29 is 0 Å². The third-order valence-electron chi connectivity index (χ3n) is 2.92. The van der Waals surface area contributed by atoms with E-state index in [0.29, 0.717) is 0 Å². The maximum absolute atomic E-state index is 4.00. The quantitative estimate of drug-likeness (QED) is 0.733. The first-order valence-electron chi connectivity index (χ1n) is 6.31. The molecule has 1 heterocycles. The molecule has 0 fully saturated rings. The Balaban J connectivity index is 2.18. The van der Waals surface area contributed by atoms with Crippen molar-refractivity contribution in [2.24, 2.45) is 5.92 Å². The van der Waals surface area contributed by atoms with E-state index in [4.69, 9.17) is 0 Å². The largest absolute Gasteiger partial charge is 0.312 e. The Hall–Kier alpha value is -0.960. The minimum atomic E-state index is 0.810. The Bertz CT molecular complexity index is 261. The van der Waals surface area contributed by atoms with Crippen molar-refractivity contribution in [1.29, 1.82) is 0 Å². The Kier molecular flexibility index (Phi) is 6.74. The van der Waals surface area contributed by atoms with Gasteiger partial charge in [0.1, 0.15) is 6.33 Å². The Morgan fingerprint density at radius 1 is 1.25 bits per heavy atom. The summed E-state index contributed by atoms with van der Waals surface area (Å²) in [7, 11) is 0. The maximum Gasteiger partial charge on any atom is 0.115 e. The first kappa shape index (κ1) is 13.1. The van der Waals surface area contributed by atoms with Gasteiger partial charge in [0.25, 0.3) is 0 Å². The Morgan fingerprint density at radius 3 is 2.62 bits per heavy atom. The van der Waals surface area contributed by atoms with Crippen LogP contribution in [0.5, 0.6) is 0 Å². The van der Waals surface area contributed by atoms with Crippen LogP contribution in [0.2, 0.25) is 0 Å². The molecule has 0 amide bonds. The smallest absolute Gasteiger partial charge is 0.115 e. The minimum absolute atomic E-state index is 0.810. The maximum atomic E-state index is 4.00. The van der Waals surface area contributed by atoms with Gasteiger partial charge in [-0.25, -0.2) is 9.97 Å². The summed E-state index contributed by atoms with van der Waals surface area (Å²) in [4.78, 5) is 8.00. The third kappa shape index (κ3) is 5.21. The molecular formula is C13H23N3.